The van der Waals surface area contributed by atoms with Crippen LogP contribution in [0.3, 0.4) is 0 Å². The maximum absolute atomic E-state index is 11.9. The highest BCUT2D eigenvalue weighted by Crippen LogP contribution is 2.61. The molecule has 27 heavy (non-hydrogen) atoms. The summed E-state index contributed by atoms with van der Waals surface area (Å²) in [6.07, 6.45) is 8.74. The second-order valence-corrected chi connectivity index (χ2v) is 9.60. The Kier molecular flexibility index (Phi) is 7.32. The molecule has 0 amide bonds. The molecule has 0 spiro atoms. The van der Waals surface area contributed by atoms with Gasteiger partial charge in [0.1, 0.15) is 6.10 Å². The molecule has 0 aromatic rings. The van der Waals surface area contributed by atoms with Crippen molar-refractivity contribution in [1.82, 2.24) is 0 Å². The zero-order valence-electron chi connectivity index (χ0n) is 17.6. The maximum Gasteiger partial charge on any atom is 0.331 e. The van der Waals surface area contributed by atoms with E-state index in [4.69, 9.17) is 14.9 Å². The molecular formula is C23H38O4. The molecule has 0 saturated heterocycles. The van der Waals surface area contributed by atoms with Gasteiger partial charge in [0.05, 0.1) is 13.2 Å². The lowest BCUT2D eigenvalue weighted by atomic mass is 9.47. The third kappa shape index (κ3) is 5.03. The van der Waals surface area contributed by atoms with Crippen LogP contribution in [0, 0.1) is 22.7 Å². The molecule has 0 aromatic carbocycles. The quantitative estimate of drug-likeness (QED) is 0.391. The number of allylic oxidation sites excluding steroid dienone is 2. The Balaban J connectivity index is 2.03. The highest BCUT2D eigenvalue weighted by Gasteiger charge is 2.52. The van der Waals surface area contributed by atoms with Crippen molar-refractivity contribution in [2.75, 3.05) is 13.2 Å². The zero-order valence-corrected chi connectivity index (χ0v) is 17.6. The van der Waals surface area contributed by atoms with E-state index in [1.54, 1.807) is 0 Å². The molecule has 0 unspecified atom stereocenters. The van der Waals surface area contributed by atoms with E-state index < -0.39 is 12.1 Å². The predicted octanol–water partition coefficient (Wildman–Crippen LogP) is 4.41. The molecule has 2 N–H and O–H groups in total. The summed E-state index contributed by atoms with van der Waals surface area (Å²) < 4.78 is 5.03. The first-order valence-electron chi connectivity index (χ1n) is 10.4. The van der Waals surface area contributed by atoms with Crippen LogP contribution in [-0.2, 0) is 9.53 Å². The van der Waals surface area contributed by atoms with E-state index in [0.717, 1.165) is 30.8 Å². The Labute approximate surface area is 164 Å². The highest BCUT2D eigenvalue weighted by atomic mass is 16.6. The van der Waals surface area contributed by atoms with Gasteiger partial charge in [-0.15, -0.1) is 0 Å². The van der Waals surface area contributed by atoms with Crippen molar-refractivity contribution in [2.45, 2.75) is 78.7 Å². The summed E-state index contributed by atoms with van der Waals surface area (Å²) in [4.78, 5) is 11.9. The lowest BCUT2D eigenvalue weighted by Crippen LogP contribution is -2.49. The van der Waals surface area contributed by atoms with E-state index in [1.807, 2.05) is 6.92 Å². The molecule has 2 aliphatic rings. The van der Waals surface area contributed by atoms with Gasteiger partial charge in [-0.1, -0.05) is 44.9 Å². The van der Waals surface area contributed by atoms with Gasteiger partial charge in [0.2, 0.25) is 0 Å². The van der Waals surface area contributed by atoms with Crippen LogP contribution in [0.25, 0.3) is 0 Å². The van der Waals surface area contributed by atoms with Crippen molar-refractivity contribution < 1.29 is 19.7 Å². The third-order valence-corrected chi connectivity index (χ3v) is 7.20. The highest BCUT2D eigenvalue weighted by molar-refractivity contribution is 5.82. The molecular weight excluding hydrogens is 340 g/mol. The summed E-state index contributed by atoms with van der Waals surface area (Å²) in [5, 5.41) is 18.0. The van der Waals surface area contributed by atoms with Gasteiger partial charge in [-0.05, 0) is 68.1 Å². The number of hydrogen-bond donors (Lipinski definition) is 2. The summed E-state index contributed by atoms with van der Waals surface area (Å²) in [6.45, 7) is 13.0. The van der Waals surface area contributed by atoms with Crippen molar-refractivity contribution in [3.05, 3.63) is 23.8 Å². The molecule has 4 nitrogen and oxygen atoms in total. The summed E-state index contributed by atoms with van der Waals surface area (Å²) in [6, 6.07) is 0. The fraction of sp³-hybridized carbons (Fsp3) is 0.783. The number of carbonyl (C=O) groups excluding carboxylic acids is 1. The van der Waals surface area contributed by atoms with Gasteiger partial charge in [0, 0.05) is 6.08 Å². The van der Waals surface area contributed by atoms with Gasteiger partial charge in [0.15, 0.2) is 0 Å². The van der Waals surface area contributed by atoms with E-state index in [1.165, 1.54) is 37.3 Å². The number of aliphatic hydroxyl groups excluding tert-OH is 2. The van der Waals surface area contributed by atoms with Gasteiger partial charge in [-0.2, -0.15) is 0 Å². The number of carbonyl (C=O) groups is 1. The minimum atomic E-state index is -0.844. The van der Waals surface area contributed by atoms with Crippen LogP contribution < -0.4 is 0 Å². The largest absolute Gasteiger partial charge is 0.454 e. The van der Waals surface area contributed by atoms with Gasteiger partial charge in [-0.25, -0.2) is 4.79 Å². The molecule has 2 aliphatic carbocycles. The van der Waals surface area contributed by atoms with Crippen molar-refractivity contribution >= 4 is 5.97 Å². The fourth-order valence-corrected chi connectivity index (χ4v) is 5.78. The third-order valence-electron chi connectivity index (χ3n) is 7.20. The Hall–Kier alpha value is -1.13. The average Bonchev–Trinajstić information content (AvgIpc) is 2.58. The van der Waals surface area contributed by atoms with Crippen LogP contribution in [0.5, 0.6) is 0 Å². The Bertz CT molecular complexity index is 573. The molecule has 0 radical (unpaired) electrons. The van der Waals surface area contributed by atoms with Gasteiger partial charge >= 0.3 is 5.97 Å². The predicted molar refractivity (Wildman–Crippen MR) is 108 cm³/mol. The number of ether oxygens (including phenoxy) is 1. The Morgan fingerprint density at radius 1 is 1.30 bits per heavy atom. The number of rotatable bonds is 7. The van der Waals surface area contributed by atoms with E-state index in [-0.39, 0.29) is 13.2 Å². The van der Waals surface area contributed by atoms with Gasteiger partial charge in [-0.3, -0.25) is 0 Å². The Morgan fingerprint density at radius 3 is 2.59 bits per heavy atom. The summed E-state index contributed by atoms with van der Waals surface area (Å²) in [7, 11) is 0. The second-order valence-electron chi connectivity index (χ2n) is 9.60. The number of aliphatic hydroxyl groups is 2. The molecule has 154 valence electrons. The second kappa shape index (κ2) is 8.91. The van der Waals surface area contributed by atoms with Crippen LogP contribution in [-0.4, -0.2) is 35.5 Å². The normalized spacial score (nSPS) is 30.9. The van der Waals surface area contributed by atoms with Crippen LogP contribution >= 0.6 is 0 Å². The van der Waals surface area contributed by atoms with E-state index in [9.17, 15) is 4.79 Å². The van der Waals surface area contributed by atoms with Crippen molar-refractivity contribution in [1.29, 1.82) is 0 Å². The standard InChI is InChI=1S/C23H38O4/c1-16(13-21(26)27-18(14-24)15-25)7-9-19-17(2)8-10-20-22(3,4)11-6-12-23(19,20)5/h13,18-20,24-25H,2,6-12,14-15H2,1,3-5H3/b16-13+/t19-,20+,23-/m0/s1. The van der Waals surface area contributed by atoms with E-state index in [0.29, 0.717) is 16.7 Å². The molecule has 0 aromatic heterocycles. The molecule has 0 bridgehead atoms. The summed E-state index contributed by atoms with van der Waals surface area (Å²) in [5.74, 6) is 0.738. The lowest BCUT2D eigenvalue weighted by Gasteiger charge is -2.58. The maximum atomic E-state index is 11.9. The van der Waals surface area contributed by atoms with Gasteiger partial charge < -0.3 is 14.9 Å². The molecule has 4 heteroatoms. The first-order chi connectivity index (χ1) is 12.6. The first-order valence-corrected chi connectivity index (χ1v) is 10.4. The topological polar surface area (TPSA) is 66.8 Å². The minimum Gasteiger partial charge on any atom is -0.454 e. The molecule has 0 heterocycles. The van der Waals surface area contributed by atoms with Crippen LogP contribution in [0.15, 0.2) is 23.8 Å². The van der Waals surface area contributed by atoms with Crippen molar-refractivity contribution in [3.8, 4) is 0 Å². The van der Waals surface area contributed by atoms with Gasteiger partial charge in [0.25, 0.3) is 0 Å². The molecule has 3 atom stereocenters. The monoisotopic (exact) mass is 378 g/mol. The smallest absolute Gasteiger partial charge is 0.331 e. The SMILES string of the molecule is C=C1CC[C@@H]2C(C)(C)CCC[C@@]2(C)[C@H]1CC/C(C)=C/C(=O)OC(CO)CO. The van der Waals surface area contributed by atoms with Crippen molar-refractivity contribution in [3.63, 3.8) is 0 Å². The number of fused-ring (bicyclic) bond motifs is 1. The fourth-order valence-electron chi connectivity index (χ4n) is 5.78. The van der Waals surface area contributed by atoms with Crippen LogP contribution in [0.1, 0.15) is 72.6 Å². The first kappa shape index (κ1) is 22.2. The Morgan fingerprint density at radius 2 is 1.96 bits per heavy atom. The molecule has 0 aliphatic heterocycles. The minimum absolute atomic E-state index is 0.302. The van der Waals surface area contributed by atoms with Crippen LogP contribution in [0.2, 0.25) is 0 Å². The molecule has 2 fully saturated rings. The summed E-state index contributed by atoms with van der Waals surface area (Å²) in [5.41, 5.74) is 3.05. The number of hydrogen-bond acceptors (Lipinski definition) is 4. The number of esters is 1. The summed E-state index contributed by atoms with van der Waals surface area (Å²) >= 11 is 0. The lowest BCUT2D eigenvalue weighted by molar-refractivity contribution is -0.147. The van der Waals surface area contributed by atoms with E-state index in [2.05, 4.69) is 27.4 Å². The van der Waals surface area contributed by atoms with Crippen LogP contribution in [0.4, 0.5) is 0 Å². The average molecular weight is 379 g/mol. The van der Waals surface area contributed by atoms with E-state index >= 15 is 0 Å². The molecule has 2 rings (SSSR count). The zero-order chi connectivity index (χ0) is 20.2. The van der Waals surface area contributed by atoms with Crippen molar-refractivity contribution in [2.24, 2.45) is 22.7 Å². The molecule has 2 saturated carbocycles.